The van der Waals surface area contributed by atoms with Gasteiger partial charge in [-0.15, -0.1) is 0 Å². The molecule has 0 amide bonds. The Balaban J connectivity index is 2.95. The van der Waals surface area contributed by atoms with E-state index in [0.717, 1.165) is 0 Å². The van der Waals surface area contributed by atoms with E-state index in [2.05, 4.69) is 9.97 Å². The van der Waals surface area contributed by atoms with Crippen LogP contribution in [0.15, 0.2) is 23.4 Å². The normalized spacial score (nSPS) is 10.6. The lowest BCUT2D eigenvalue weighted by atomic mass is 10.3. The average Bonchev–Trinajstić information content (AvgIpc) is 2.03. The van der Waals surface area contributed by atoms with Gasteiger partial charge >= 0.3 is 0 Å². The van der Waals surface area contributed by atoms with Gasteiger partial charge in [-0.1, -0.05) is 12.2 Å². The van der Waals surface area contributed by atoms with Crippen molar-refractivity contribution in [2.24, 2.45) is 5.73 Å². The highest BCUT2D eigenvalue weighted by Crippen LogP contribution is 1.88. The van der Waals surface area contributed by atoms with Gasteiger partial charge in [0.1, 0.15) is 0 Å². The second-order valence-corrected chi connectivity index (χ2v) is 1.97. The molecule has 58 valence electrons. The van der Waals surface area contributed by atoms with E-state index >= 15 is 0 Å². The molecule has 11 heavy (non-hydrogen) atoms. The Hall–Kier alpha value is -1.42. The van der Waals surface area contributed by atoms with E-state index in [1.54, 1.807) is 12.2 Å². The molecule has 1 aromatic rings. The summed E-state index contributed by atoms with van der Waals surface area (Å²) in [5.41, 5.74) is 5.58. The largest absolute Gasteiger partial charge is 0.327 e. The minimum atomic E-state index is -0.148. The number of nitrogens with one attached hydrogen (secondary N) is 1. The summed E-state index contributed by atoms with van der Waals surface area (Å²) in [6.45, 7) is 0.425. The number of nitrogens with two attached hydrogens (primary N) is 1. The van der Waals surface area contributed by atoms with Crippen molar-refractivity contribution in [3.63, 3.8) is 0 Å². The smallest absolute Gasteiger partial charge is 0.257 e. The van der Waals surface area contributed by atoms with Crippen molar-refractivity contribution in [3.05, 3.63) is 34.5 Å². The van der Waals surface area contributed by atoms with Crippen LogP contribution in [0.25, 0.3) is 6.08 Å². The molecule has 0 saturated heterocycles. The predicted molar refractivity (Wildman–Crippen MR) is 42.9 cm³/mol. The number of H-pyrrole nitrogens is 1. The summed E-state index contributed by atoms with van der Waals surface area (Å²) >= 11 is 0. The van der Waals surface area contributed by atoms with Gasteiger partial charge in [-0.2, -0.15) is 0 Å². The Morgan fingerprint density at radius 3 is 3.18 bits per heavy atom. The van der Waals surface area contributed by atoms with Crippen molar-refractivity contribution in [2.75, 3.05) is 6.54 Å². The number of aromatic nitrogens is 2. The highest BCUT2D eigenvalue weighted by molar-refractivity contribution is 5.46. The van der Waals surface area contributed by atoms with E-state index in [1.807, 2.05) is 0 Å². The van der Waals surface area contributed by atoms with Crippen LogP contribution in [0.3, 0.4) is 0 Å². The van der Waals surface area contributed by atoms with Crippen molar-refractivity contribution in [2.45, 2.75) is 0 Å². The third-order valence-corrected chi connectivity index (χ3v) is 1.18. The molecule has 3 N–H and O–H groups in total. The Morgan fingerprint density at radius 2 is 2.55 bits per heavy atom. The van der Waals surface area contributed by atoms with Crippen LogP contribution in [0.2, 0.25) is 0 Å². The van der Waals surface area contributed by atoms with Gasteiger partial charge in [0.05, 0.1) is 11.9 Å². The third-order valence-electron chi connectivity index (χ3n) is 1.18. The zero-order chi connectivity index (χ0) is 8.10. The zero-order valence-electron chi connectivity index (χ0n) is 5.95. The Morgan fingerprint density at radius 1 is 1.73 bits per heavy atom. The molecule has 1 heterocycles. The number of nitrogens with zero attached hydrogens (tertiary/aromatic N) is 1. The van der Waals surface area contributed by atoms with Crippen LogP contribution in [-0.2, 0) is 0 Å². The minimum Gasteiger partial charge on any atom is -0.327 e. The van der Waals surface area contributed by atoms with Crippen LogP contribution in [0, 0.1) is 0 Å². The molecular formula is C7H9N3O. The maximum atomic E-state index is 10.9. The van der Waals surface area contributed by atoms with Crippen molar-refractivity contribution in [1.82, 2.24) is 9.97 Å². The molecule has 4 nitrogen and oxygen atoms in total. The maximum Gasteiger partial charge on any atom is 0.257 e. The fourth-order valence-corrected chi connectivity index (χ4v) is 0.669. The first kappa shape index (κ1) is 7.68. The van der Waals surface area contributed by atoms with Crippen LogP contribution in [0.4, 0.5) is 0 Å². The summed E-state index contributed by atoms with van der Waals surface area (Å²) in [5.74, 6) is 0. The first-order valence-electron chi connectivity index (χ1n) is 3.24. The SMILES string of the molecule is NCC=Cc1cnc[nH]c1=O. The Kier molecular flexibility index (Phi) is 2.57. The fourth-order valence-electron chi connectivity index (χ4n) is 0.669. The van der Waals surface area contributed by atoms with Crippen LogP contribution in [0.1, 0.15) is 5.56 Å². The van der Waals surface area contributed by atoms with E-state index in [9.17, 15) is 4.79 Å². The molecule has 4 heteroatoms. The molecule has 0 aliphatic carbocycles. The Bertz CT molecular complexity index is 303. The molecule has 0 aliphatic rings. The fraction of sp³-hybridized carbons (Fsp3) is 0.143. The molecule has 0 radical (unpaired) electrons. The minimum absolute atomic E-state index is 0.148. The molecule has 1 aromatic heterocycles. The number of hydrogen-bond donors (Lipinski definition) is 2. The second kappa shape index (κ2) is 3.68. The van der Waals surface area contributed by atoms with E-state index in [1.165, 1.54) is 12.5 Å². The molecule has 0 spiro atoms. The van der Waals surface area contributed by atoms with E-state index in [0.29, 0.717) is 12.1 Å². The summed E-state index contributed by atoms with van der Waals surface area (Å²) < 4.78 is 0. The quantitative estimate of drug-likeness (QED) is 0.611. The lowest BCUT2D eigenvalue weighted by Gasteiger charge is -1.87. The van der Waals surface area contributed by atoms with Gasteiger partial charge in [-0.25, -0.2) is 4.98 Å². The molecule has 0 atom stereocenters. The van der Waals surface area contributed by atoms with Crippen LogP contribution in [-0.4, -0.2) is 16.5 Å². The lowest BCUT2D eigenvalue weighted by molar-refractivity contribution is 1.11. The topological polar surface area (TPSA) is 71.8 Å². The molecule has 0 saturated carbocycles. The summed E-state index contributed by atoms with van der Waals surface area (Å²) in [7, 11) is 0. The first-order valence-corrected chi connectivity index (χ1v) is 3.24. The van der Waals surface area contributed by atoms with Gasteiger partial charge < -0.3 is 10.7 Å². The van der Waals surface area contributed by atoms with Gasteiger partial charge in [0.25, 0.3) is 5.56 Å². The van der Waals surface area contributed by atoms with Gasteiger partial charge in [-0.05, 0) is 0 Å². The van der Waals surface area contributed by atoms with E-state index in [4.69, 9.17) is 5.73 Å². The van der Waals surface area contributed by atoms with Crippen molar-refractivity contribution in [1.29, 1.82) is 0 Å². The predicted octanol–water partition coefficient (Wildman–Crippen LogP) is -0.258. The monoisotopic (exact) mass is 151 g/mol. The number of hydrogen-bond acceptors (Lipinski definition) is 3. The summed E-state index contributed by atoms with van der Waals surface area (Å²) in [4.78, 5) is 17.1. The van der Waals surface area contributed by atoms with Crippen molar-refractivity contribution in [3.8, 4) is 0 Å². The third kappa shape index (κ3) is 2.01. The maximum absolute atomic E-state index is 10.9. The summed E-state index contributed by atoms with van der Waals surface area (Å²) in [5, 5.41) is 0. The molecule has 0 fully saturated rings. The van der Waals surface area contributed by atoms with E-state index in [-0.39, 0.29) is 5.56 Å². The highest BCUT2D eigenvalue weighted by Gasteiger charge is 1.90. The van der Waals surface area contributed by atoms with Gasteiger partial charge in [0.15, 0.2) is 0 Å². The molecular weight excluding hydrogens is 142 g/mol. The number of aromatic amines is 1. The van der Waals surface area contributed by atoms with E-state index < -0.39 is 0 Å². The molecule has 0 bridgehead atoms. The Labute approximate surface area is 63.8 Å². The van der Waals surface area contributed by atoms with Gasteiger partial charge in [0.2, 0.25) is 0 Å². The average molecular weight is 151 g/mol. The van der Waals surface area contributed by atoms with Crippen LogP contribution < -0.4 is 11.3 Å². The van der Waals surface area contributed by atoms with Crippen molar-refractivity contribution >= 4 is 6.08 Å². The summed E-state index contributed by atoms with van der Waals surface area (Å²) in [6, 6.07) is 0. The zero-order valence-corrected chi connectivity index (χ0v) is 5.95. The molecule has 1 rings (SSSR count). The molecule has 0 unspecified atom stereocenters. The van der Waals surface area contributed by atoms with Crippen LogP contribution >= 0.6 is 0 Å². The lowest BCUT2D eigenvalue weighted by Crippen LogP contribution is -2.08. The molecule has 0 aliphatic heterocycles. The van der Waals surface area contributed by atoms with Gasteiger partial charge in [-0.3, -0.25) is 4.79 Å². The number of rotatable bonds is 2. The van der Waals surface area contributed by atoms with Crippen molar-refractivity contribution < 1.29 is 0 Å². The second-order valence-electron chi connectivity index (χ2n) is 1.97. The van der Waals surface area contributed by atoms with Crippen LogP contribution in [0.5, 0.6) is 0 Å². The van der Waals surface area contributed by atoms with Gasteiger partial charge in [0, 0.05) is 12.7 Å². The first-order chi connectivity index (χ1) is 5.34. The standard InChI is InChI=1S/C7H9N3O/c8-3-1-2-6-4-9-5-10-7(6)11/h1-2,4-5H,3,8H2,(H,9,10,11). The summed E-state index contributed by atoms with van der Waals surface area (Å²) in [6.07, 6.45) is 6.19. The highest BCUT2D eigenvalue weighted by atomic mass is 16.1. The molecule has 0 aromatic carbocycles.